The SMILES string of the molecule is CCCCCCC/C=C\CCCCCCCC(=O)OCCCCCCCCCCC/C=C\C/C=C\CCCCCCCCCCCCCCCC(=O)NC(CO)C(O)CCCCCCCCCCCC. The zero-order valence-corrected chi connectivity index (χ0v) is 47.0. The van der Waals surface area contributed by atoms with Gasteiger partial charge in [-0.25, -0.2) is 0 Å². The number of hydrogen-bond donors (Lipinski definition) is 3. The Morgan fingerprint density at radius 1 is 0.400 bits per heavy atom. The molecule has 0 saturated heterocycles. The Bertz CT molecular complexity index is 1130. The molecular formula is C64H121NO5. The minimum absolute atomic E-state index is 0.00332. The van der Waals surface area contributed by atoms with Gasteiger partial charge in [-0.1, -0.05) is 275 Å². The number of aliphatic hydroxyl groups excluding tert-OH is 2. The maximum atomic E-state index is 12.4. The number of carbonyl (C=O) groups excluding carboxylic acids is 2. The van der Waals surface area contributed by atoms with Gasteiger partial charge in [0.2, 0.25) is 5.91 Å². The molecule has 1 amide bonds. The molecule has 0 fully saturated rings. The molecule has 6 nitrogen and oxygen atoms in total. The molecule has 0 aromatic heterocycles. The van der Waals surface area contributed by atoms with E-state index in [-0.39, 0.29) is 18.5 Å². The van der Waals surface area contributed by atoms with Gasteiger partial charge in [0, 0.05) is 12.8 Å². The molecule has 0 aromatic carbocycles. The van der Waals surface area contributed by atoms with E-state index in [0.717, 1.165) is 51.4 Å². The summed E-state index contributed by atoms with van der Waals surface area (Å²) in [4.78, 5) is 24.5. The summed E-state index contributed by atoms with van der Waals surface area (Å²) in [6.07, 6.45) is 74.5. The van der Waals surface area contributed by atoms with Crippen LogP contribution in [0.2, 0.25) is 0 Å². The summed E-state index contributed by atoms with van der Waals surface area (Å²) in [7, 11) is 0. The minimum Gasteiger partial charge on any atom is -0.466 e. The Hall–Kier alpha value is -1.92. The molecule has 0 bridgehead atoms. The van der Waals surface area contributed by atoms with E-state index in [1.165, 1.54) is 250 Å². The predicted molar refractivity (Wildman–Crippen MR) is 306 cm³/mol. The normalized spacial score (nSPS) is 12.8. The summed E-state index contributed by atoms with van der Waals surface area (Å²) in [5, 5.41) is 23.2. The van der Waals surface area contributed by atoms with Gasteiger partial charge in [-0.3, -0.25) is 9.59 Å². The largest absolute Gasteiger partial charge is 0.466 e. The molecule has 70 heavy (non-hydrogen) atoms. The fourth-order valence-corrected chi connectivity index (χ4v) is 9.61. The van der Waals surface area contributed by atoms with Crippen molar-refractivity contribution in [3.8, 4) is 0 Å². The average molecular weight is 985 g/mol. The van der Waals surface area contributed by atoms with Crippen LogP contribution in [-0.4, -0.2) is 47.4 Å². The van der Waals surface area contributed by atoms with E-state index in [1.807, 2.05) is 0 Å². The first-order chi connectivity index (χ1) is 34.5. The Morgan fingerprint density at radius 3 is 1.10 bits per heavy atom. The van der Waals surface area contributed by atoms with Crippen LogP contribution in [0.1, 0.15) is 335 Å². The second-order valence-corrected chi connectivity index (χ2v) is 21.4. The Labute approximate surface area is 436 Å². The molecule has 3 N–H and O–H groups in total. The number of rotatable bonds is 58. The molecule has 412 valence electrons. The maximum absolute atomic E-state index is 12.4. The van der Waals surface area contributed by atoms with Gasteiger partial charge in [0.25, 0.3) is 0 Å². The summed E-state index contributed by atoms with van der Waals surface area (Å²) < 4.78 is 5.47. The molecule has 0 aliphatic carbocycles. The molecule has 0 rings (SSSR count). The summed E-state index contributed by atoms with van der Waals surface area (Å²) >= 11 is 0. The zero-order valence-electron chi connectivity index (χ0n) is 47.0. The van der Waals surface area contributed by atoms with Crippen molar-refractivity contribution in [1.29, 1.82) is 0 Å². The van der Waals surface area contributed by atoms with Crippen LogP contribution in [0, 0.1) is 0 Å². The van der Waals surface area contributed by atoms with Gasteiger partial charge in [-0.15, -0.1) is 0 Å². The van der Waals surface area contributed by atoms with Gasteiger partial charge < -0.3 is 20.3 Å². The van der Waals surface area contributed by atoms with Crippen LogP contribution in [0.3, 0.4) is 0 Å². The Kier molecular flexibility index (Phi) is 58.0. The van der Waals surface area contributed by atoms with Crippen LogP contribution in [0.5, 0.6) is 0 Å². The second-order valence-electron chi connectivity index (χ2n) is 21.4. The van der Waals surface area contributed by atoms with Gasteiger partial charge in [0.05, 0.1) is 25.4 Å². The standard InChI is InChI=1S/C64H121NO5/c1-3-5-7-9-11-13-15-16-35-38-42-46-50-54-58-64(69)70-59-55-51-47-43-39-36-33-31-29-27-25-23-21-19-17-18-20-22-24-26-28-30-32-34-37-41-45-49-53-57-63(68)65-61(60-66)62(67)56-52-48-44-40-14-12-10-8-6-4-2/h15-17,19,23,25,61-62,66-67H,3-14,18,20-22,24,26-60H2,1-2H3,(H,65,68)/b16-15-,19-17-,25-23-. The number of esters is 1. The van der Waals surface area contributed by atoms with Crippen molar-refractivity contribution < 1.29 is 24.5 Å². The molecule has 2 unspecified atom stereocenters. The first-order valence-corrected chi connectivity index (χ1v) is 31.2. The van der Waals surface area contributed by atoms with Crippen LogP contribution in [0.15, 0.2) is 36.5 Å². The molecule has 0 aromatic rings. The third kappa shape index (κ3) is 55.4. The zero-order chi connectivity index (χ0) is 50.7. The highest BCUT2D eigenvalue weighted by Gasteiger charge is 2.20. The molecule has 0 aliphatic rings. The third-order valence-electron chi connectivity index (χ3n) is 14.4. The van der Waals surface area contributed by atoms with Gasteiger partial charge in [-0.05, 0) is 83.5 Å². The Balaban J connectivity index is 3.39. The lowest BCUT2D eigenvalue weighted by atomic mass is 10.0. The number of aliphatic hydroxyl groups is 2. The van der Waals surface area contributed by atoms with Gasteiger partial charge in [0.1, 0.15) is 0 Å². The lowest BCUT2D eigenvalue weighted by Crippen LogP contribution is -2.45. The third-order valence-corrected chi connectivity index (χ3v) is 14.4. The van der Waals surface area contributed by atoms with Crippen molar-refractivity contribution in [2.24, 2.45) is 0 Å². The second kappa shape index (κ2) is 59.6. The van der Waals surface area contributed by atoms with Crippen molar-refractivity contribution in [1.82, 2.24) is 5.32 Å². The highest BCUT2D eigenvalue weighted by atomic mass is 16.5. The topological polar surface area (TPSA) is 95.9 Å². The number of hydrogen-bond acceptors (Lipinski definition) is 5. The number of amides is 1. The lowest BCUT2D eigenvalue weighted by Gasteiger charge is -2.22. The predicted octanol–water partition coefficient (Wildman–Crippen LogP) is 19.6. The summed E-state index contributed by atoms with van der Waals surface area (Å²) in [5.41, 5.74) is 0. The number of allylic oxidation sites excluding steroid dienone is 6. The van der Waals surface area contributed by atoms with E-state index < -0.39 is 12.1 Å². The van der Waals surface area contributed by atoms with Crippen molar-refractivity contribution in [3.05, 3.63) is 36.5 Å². The molecule has 0 saturated carbocycles. The quantitative estimate of drug-likeness (QED) is 0.0321. The molecule has 0 aliphatic heterocycles. The highest BCUT2D eigenvalue weighted by Crippen LogP contribution is 2.17. The highest BCUT2D eigenvalue weighted by molar-refractivity contribution is 5.76. The van der Waals surface area contributed by atoms with Gasteiger partial charge in [-0.2, -0.15) is 0 Å². The summed E-state index contributed by atoms with van der Waals surface area (Å²) in [6, 6.07) is -0.540. The Morgan fingerprint density at radius 2 is 0.714 bits per heavy atom. The summed E-state index contributed by atoms with van der Waals surface area (Å²) in [5.74, 6) is -0.0338. The van der Waals surface area contributed by atoms with Gasteiger partial charge >= 0.3 is 5.97 Å². The molecule has 2 atom stereocenters. The molecule has 0 radical (unpaired) electrons. The maximum Gasteiger partial charge on any atom is 0.305 e. The molecule has 0 heterocycles. The molecular weight excluding hydrogens is 863 g/mol. The molecule has 6 heteroatoms. The number of unbranched alkanes of at least 4 members (excludes halogenated alkanes) is 41. The van der Waals surface area contributed by atoms with E-state index in [9.17, 15) is 19.8 Å². The van der Waals surface area contributed by atoms with Crippen LogP contribution < -0.4 is 5.32 Å². The van der Waals surface area contributed by atoms with Crippen LogP contribution >= 0.6 is 0 Å². The number of ether oxygens (including phenoxy) is 1. The monoisotopic (exact) mass is 984 g/mol. The van der Waals surface area contributed by atoms with E-state index in [2.05, 4.69) is 55.6 Å². The number of nitrogens with one attached hydrogen (secondary N) is 1. The van der Waals surface area contributed by atoms with Crippen molar-refractivity contribution in [2.75, 3.05) is 13.2 Å². The summed E-state index contributed by atoms with van der Waals surface area (Å²) in [6.45, 7) is 4.93. The van der Waals surface area contributed by atoms with E-state index in [0.29, 0.717) is 25.9 Å². The van der Waals surface area contributed by atoms with E-state index in [1.54, 1.807) is 0 Å². The van der Waals surface area contributed by atoms with Crippen molar-refractivity contribution in [2.45, 2.75) is 347 Å². The van der Waals surface area contributed by atoms with Crippen LogP contribution in [-0.2, 0) is 14.3 Å². The first kappa shape index (κ1) is 68.1. The first-order valence-electron chi connectivity index (χ1n) is 31.2. The molecule has 0 spiro atoms. The van der Waals surface area contributed by atoms with E-state index >= 15 is 0 Å². The smallest absolute Gasteiger partial charge is 0.305 e. The van der Waals surface area contributed by atoms with Crippen LogP contribution in [0.25, 0.3) is 0 Å². The van der Waals surface area contributed by atoms with E-state index in [4.69, 9.17) is 4.74 Å². The average Bonchev–Trinajstić information content (AvgIpc) is 3.36. The fraction of sp³-hybridized carbons (Fsp3) is 0.875. The lowest BCUT2D eigenvalue weighted by molar-refractivity contribution is -0.143. The van der Waals surface area contributed by atoms with Crippen molar-refractivity contribution >= 4 is 11.9 Å². The minimum atomic E-state index is -0.663. The number of carbonyl (C=O) groups is 2. The van der Waals surface area contributed by atoms with Crippen LogP contribution in [0.4, 0.5) is 0 Å². The van der Waals surface area contributed by atoms with Crippen molar-refractivity contribution in [3.63, 3.8) is 0 Å². The van der Waals surface area contributed by atoms with Gasteiger partial charge in [0.15, 0.2) is 0 Å². The fourth-order valence-electron chi connectivity index (χ4n) is 9.61.